The van der Waals surface area contributed by atoms with E-state index in [1.807, 2.05) is 48.5 Å². The molecule has 388 valence electrons. The lowest BCUT2D eigenvalue weighted by Gasteiger charge is -2.45. The Morgan fingerprint density at radius 3 is 0.975 bits per heavy atom. The number of furan rings is 4. The lowest BCUT2D eigenvalue weighted by Crippen LogP contribution is -2.61. The molecular formula is C73H59BN2O4. The highest BCUT2D eigenvalue weighted by Crippen LogP contribution is 2.50. The summed E-state index contributed by atoms with van der Waals surface area (Å²) in [6.07, 6.45) is 0. The number of anilines is 6. The van der Waals surface area contributed by atoms with Crippen LogP contribution in [-0.2, 0) is 10.8 Å². The molecule has 80 heavy (non-hydrogen) atoms. The summed E-state index contributed by atoms with van der Waals surface area (Å²) in [5.74, 6) is 3.36. The zero-order valence-corrected chi connectivity index (χ0v) is 46.3. The predicted molar refractivity (Wildman–Crippen MR) is 333 cm³/mol. The molecule has 13 aromatic rings. The minimum atomic E-state index is -0.124. The van der Waals surface area contributed by atoms with Crippen molar-refractivity contribution in [2.45, 2.75) is 72.1 Å². The van der Waals surface area contributed by atoms with Gasteiger partial charge in [-0.05, 0) is 159 Å². The van der Waals surface area contributed by atoms with Gasteiger partial charge in [0.1, 0.15) is 45.4 Å². The molecule has 4 aromatic heterocycles. The Labute approximate surface area is 466 Å². The molecule has 0 aliphatic carbocycles. The lowest BCUT2D eigenvalue weighted by atomic mass is 9.33. The molecule has 7 heteroatoms. The maximum Gasteiger partial charge on any atom is 0.252 e. The number of hydrogen-bond donors (Lipinski definition) is 0. The molecule has 0 radical (unpaired) electrons. The second kappa shape index (κ2) is 17.7. The van der Waals surface area contributed by atoms with Gasteiger partial charge < -0.3 is 27.5 Å². The van der Waals surface area contributed by atoms with Crippen molar-refractivity contribution in [3.05, 3.63) is 223 Å². The molecule has 6 nitrogen and oxygen atoms in total. The van der Waals surface area contributed by atoms with E-state index >= 15 is 0 Å². The molecule has 0 amide bonds. The molecule has 6 heterocycles. The van der Waals surface area contributed by atoms with Gasteiger partial charge in [-0.25, -0.2) is 0 Å². The van der Waals surface area contributed by atoms with E-state index in [-0.39, 0.29) is 23.5 Å². The van der Waals surface area contributed by atoms with Gasteiger partial charge in [0.05, 0.1) is 0 Å². The maximum absolute atomic E-state index is 6.74. The summed E-state index contributed by atoms with van der Waals surface area (Å²) in [6.45, 7) is 18.4. The van der Waals surface area contributed by atoms with E-state index in [1.54, 1.807) is 0 Å². The number of fused-ring (bicyclic) bond motifs is 8. The summed E-state index contributed by atoms with van der Waals surface area (Å²) in [7, 11) is 0. The Morgan fingerprint density at radius 2 is 0.675 bits per heavy atom. The van der Waals surface area contributed by atoms with Crippen molar-refractivity contribution in [1.82, 2.24) is 0 Å². The highest BCUT2D eigenvalue weighted by atomic mass is 16.3. The third-order valence-corrected chi connectivity index (χ3v) is 16.7. The van der Waals surface area contributed by atoms with E-state index in [4.69, 9.17) is 17.7 Å². The Kier molecular flexibility index (Phi) is 10.6. The first kappa shape index (κ1) is 48.0. The second-order valence-corrected chi connectivity index (χ2v) is 24.4. The molecule has 0 saturated carbocycles. The first-order chi connectivity index (χ1) is 38.7. The highest BCUT2D eigenvalue weighted by molar-refractivity contribution is 7.00. The van der Waals surface area contributed by atoms with Gasteiger partial charge in [0, 0.05) is 77.9 Å². The molecule has 0 spiro atoms. The van der Waals surface area contributed by atoms with E-state index in [9.17, 15) is 0 Å². The first-order valence-corrected chi connectivity index (χ1v) is 28.0. The van der Waals surface area contributed by atoms with Crippen molar-refractivity contribution in [3.63, 3.8) is 0 Å². The summed E-state index contributed by atoms with van der Waals surface area (Å²) in [4.78, 5) is 5.06. The van der Waals surface area contributed by atoms with Crippen LogP contribution in [0.15, 0.2) is 224 Å². The fourth-order valence-corrected chi connectivity index (χ4v) is 12.4. The Balaban J connectivity index is 1.04. The minimum absolute atomic E-state index is 0.120. The zero-order chi connectivity index (χ0) is 54.3. The van der Waals surface area contributed by atoms with Gasteiger partial charge in [-0.2, -0.15) is 0 Å². The molecule has 0 N–H and O–H groups in total. The highest BCUT2D eigenvalue weighted by Gasteiger charge is 2.45. The smallest absolute Gasteiger partial charge is 0.252 e. The number of nitrogens with zero attached hydrogens (tertiary/aromatic N) is 2. The molecule has 2 aliphatic rings. The molecule has 0 bridgehead atoms. The van der Waals surface area contributed by atoms with Crippen LogP contribution in [0.5, 0.6) is 0 Å². The van der Waals surface area contributed by atoms with Gasteiger partial charge in [0.2, 0.25) is 0 Å². The number of rotatable bonds is 7. The fourth-order valence-electron chi connectivity index (χ4n) is 12.4. The summed E-state index contributed by atoms with van der Waals surface area (Å²) in [5.41, 5.74) is 21.1. The Bertz CT molecular complexity index is 4040. The lowest BCUT2D eigenvalue weighted by molar-refractivity contribution is 0.590. The Morgan fingerprint density at radius 1 is 0.350 bits per heavy atom. The van der Waals surface area contributed by atoms with E-state index in [2.05, 4.69) is 223 Å². The van der Waals surface area contributed by atoms with Gasteiger partial charge in [0.25, 0.3) is 6.71 Å². The van der Waals surface area contributed by atoms with Gasteiger partial charge in [-0.3, -0.25) is 0 Å². The first-order valence-electron chi connectivity index (χ1n) is 28.0. The van der Waals surface area contributed by atoms with Crippen LogP contribution < -0.4 is 26.2 Å². The molecule has 0 unspecified atom stereocenters. The summed E-state index contributed by atoms with van der Waals surface area (Å²) in [5, 5.41) is 4.22. The fraction of sp³-hybridized carbons (Fsp3) is 0.151. The van der Waals surface area contributed by atoms with E-state index in [0.29, 0.717) is 0 Å². The molecule has 0 fully saturated rings. The number of hydrogen-bond acceptors (Lipinski definition) is 6. The topological polar surface area (TPSA) is 59.0 Å². The molecular weight excluding hydrogens is 980 g/mol. The van der Waals surface area contributed by atoms with Crippen molar-refractivity contribution in [2.75, 3.05) is 9.80 Å². The molecule has 15 rings (SSSR count). The van der Waals surface area contributed by atoms with Crippen LogP contribution in [0.4, 0.5) is 34.1 Å². The SMILES string of the molecule is CC(C)c1cc2c3c(c1)N(c1cc(-c4cc5ccccc5o4)cc(-c4cc5ccccc5o4)c1)c1ccc(C(C)(C)C)cc1B3c1cc(C(C)(C)C)ccc1N2c1cc(-c2cc3ccccc3o2)cc(-c2cc3ccccc3o2)c1. The van der Waals surface area contributed by atoms with Crippen LogP contribution in [0.2, 0.25) is 0 Å². The quantitative estimate of drug-likeness (QED) is 0.148. The van der Waals surface area contributed by atoms with Crippen LogP contribution in [0, 0.1) is 0 Å². The number of para-hydroxylation sites is 4. The minimum Gasteiger partial charge on any atom is -0.456 e. The third kappa shape index (κ3) is 7.85. The van der Waals surface area contributed by atoms with Crippen molar-refractivity contribution in [1.29, 1.82) is 0 Å². The van der Waals surface area contributed by atoms with Crippen LogP contribution in [0.25, 0.3) is 89.2 Å². The molecule has 9 aromatic carbocycles. The Hall–Kier alpha value is -9.20. The maximum atomic E-state index is 6.74. The molecule has 0 saturated heterocycles. The average molecular weight is 1040 g/mol. The summed E-state index contributed by atoms with van der Waals surface area (Å²) < 4.78 is 27.0. The monoisotopic (exact) mass is 1040 g/mol. The third-order valence-electron chi connectivity index (χ3n) is 16.7. The van der Waals surface area contributed by atoms with E-state index in [1.165, 1.54) is 33.1 Å². The van der Waals surface area contributed by atoms with Crippen LogP contribution in [0.3, 0.4) is 0 Å². The van der Waals surface area contributed by atoms with Gasteiger partial charge in [-0.1, -0.05) is 152 Å². The molecule has 0 atom stereocenters. The van der Waals surface area contributed by atoms with Crippen molar-refractivity contribution in [3.8, 4) is 45.3 Å². The summed E-state index contributed by atoms with van der Waals surface area (Å²) in [6, 6.07) is 74.7. The molecule has 2 aliphatic heterocycles. The van der Waals surface area contributed by atoms with Crippen molar-refractivity contribution < 1.29 is 17.7 Å². The van der Waals surface area contributed by atoms with Gasteiger partial charge >= 0.3 is 0 Å². The number of benzene rings is 9. The van der Waals surface area contributed by atoms with E-state index in [0.717, 1.165) is 123 Å². The second-order valence-electron chi connectivity index (χ2n) is 24.4. The largest absolute Gasteiger partial charge is 0.456 e. The van der Waals surface area contributed by atoms with Crippen LogP contribution >= 0.6 is 0 Å². The van der Waals surface area contributed by atoms with Gasteiger partial charge in [0.15, 0.2) is 0 Å². The van der Waals surface area contributed by atoms with Crippen LogP contribution in [-0.4, -0.2) is 6.71 Å². The van der Waals surface area contributed by atoms with E-state index < -0.39 is 0 Å². The zero-order valence-electron chi connectivity index (χ0n) is 46.3. The standard InChI is InChI=1S/C73H59BN2O4/c1-43(2)48-35-61-71-62(36-48)76(56-33-51(69-39-46-19-11-15-23-65(46)79-69)30-52(34-56)70-40-47-20-12-16-24-66(47)80-70)60-28-26-54(73(6,7)8)42-58(60)74(71)57-41-53(72(3,4)5)25-27-59(57)75(61)55-31-49(67-37-44-17-9-13-21-63(44)77-67)29-50(32-55)68-38-45-18-10-14-22-64(45)78-68/h9-43H,1-8H3. The van der Waals surface area contributed by atoms with Crippen LogP contribution in [0.1, 0.15) is 78.0 Å². The summed E-state index contributed by atoms with van der Waals surface area (Å²) >= 11 is 0. The van der Waals surface area contributed by atoms with Crippen molar-refractivity contribution >= 4 is 101 Å². The van der Waals surface area contributed by atoms with Crippen molar-refractivity contribution in [2.24, 2.45) is 0 Å². The predicted octanol–water partition coefficient (Wildman–Crippen LogP) is 19.1. The normalized spacial score (nSPS) is 13.3. The van der Waals surface area contributed by atoms with Gasteiger partial charge in [-0.15, -0.1) is 0 Å². The average Bonchev–Trinajstić information content (AvgIpc) is 4.42.